The number of carbonyl (C=O) groups is 1. The molecule has 0 unspecified atom stereocenters. The van der Waals surface area contributed by atoms with E-state index in [0.29, 0.717) is 11.3 Å². The van der Waals surface area contributed by atoms with Gasteiger partial charge in [0, 0.05) is 4.90 Å². The number of ether oxygens (including phenoxy) is 2. The molecule has 0 N–H and O–H groups in total. The second-order valence-electron chi connectivity index (χ2n) is 4.14. The van der Waals surface area contributed by atoms with Crippen molar-refractivity contribution >= 4 is 17.5 Å². The Hall–Kier alpha value is -1.94. The topological polar surface area (TPSA) is 35.5 Å². The predicted molar refractivity (Wildman–Crippen MR) is 80.1 cm³/mol. The molecule has 4 heteroatoms. The van der Waals surface area contributed by atoms with Gasteiger partial charge in [-0.1, -0.05) is 30.0 Å². The Morgan fingerprint density at radius 1 is 0.900 bits per heavy atom. The largest absolute Gasteiger partial charge is 0.496 e. The van der Waals surface area contributed by atoms with E-state index in [4.69, 9.17) is 9.47 Å². The van der Waals surface area contributed by atoms with E-state index in [2.05, 4.69) is 0 Å². The Morgan fingerprint density at radius 3 is 2.15 bits per heavy atom. The molecule has 2 aromatic carbocycles. The lowest BCUT2D eigenvalue weighted by atomic mass is 10.1. The lowest BCUT2D eigenvalue weighted by molar-refractivity contribution is 0.101. The van der Waals surface area contributed by atoms with Crippen LogP contribution in [0.3, 0.4) is 0 Å². The van der Waals surface area contributed by atoms with Crippen LogP contribution in [0.25, 0.3) is 0 Å². The highest BCUT2D eigenvalue weighted by Gasteiger charge is 2.15. The monoisotopic (exact) mass is 288 g/mol. The van der Waals surface area contributed by atoms with Crippen LogP contribution in [0, 0.1) is 0 Å². The molecule has 0 fully saturated rings. The van der Waals surface area contributed by atoms with E-state index in [1.807, 2.05) is 36.4 Å². The van der Waals surface area contributed by atoms with Gasteiger partial charge in [-0.05, 0) is 31.2 Å². The minimum atomic E-state index is -0.0140. The standard InChI is InChI=1S/C16H16O3S/c1-11(17)16-13(19-3)8-6-10-15(16)20-14-9-5-4-7-12(14)18-2/h4-10H,1-3H3. The van der Waals surface area contributed by atoms with E-state index >= 15 is 0 Å². The van der Waals surface area contributed by atoms with Crippen molar-refractivity contribution in [3.8, 4) is 11.5 Å². The highest BCUT2D eigenvalue weighted by Crippen LogP contribution is 2.39. The SMILES string of the molecule is COc1ccccc1Sc1cccc(OC)c1C(C)=O. The molecule has 2 aromatic rings. The zero-order chi connectivity index (χ0) is 14.5. The van der Waals surface area contributed by atoms with Crippen LogP contribution in [0.4, 0.5) is 0 Å². The summed E-state index contributed by atoms with van der Waals surface area (Å²) in [7, 11) is 3.20. The number of rotatable bonds is 5. The summed E-state index contributed by atoms with van der Waals surface area (Å²) < 4.78 is 10.6. The fraction of sp³-hybridized carbons (Fsp3) is 0.188. The molecular weight excluding hydrogens is 272 g/mol. The summed E-state index contributed by atoms with van der Waals surface area (Å²) in [5.41, 5.74) is 0.603. The number of hydrogen-bond acceptors (Lipinski definition) is 4. The molecule has 0 aliphatic rings. The van der Waals surface area contributed by atoms with Crippen LogP contribution in [-0.2, 0) is 0 Å². The summed E-state index contributed by atoms with van der Waals surface area (Å²) in [4.78, 5) is 13.7. The summed E-state index contributed by atoms with van der Waals surface area (Å²) in [5, 5.41) is 0. The van der Waals surface area contributed by atoms with Crippen molar-refractivity contribution in [2.75, 3.05) is 14.2 Å². The number of carbonyl (C=O) groups excluding carboxylic acids is 1. The lowest BCUT2D eigenvalue weighted by Gasteiger charge is -2.12. The average molecular weight is 288 g/mol. The molecule has 104 valence electrons. The van der Waals surface area contributed by atoms with E-state index in [-0.39, 0.29) is 5.78 Å². The van der Waals surface area contributed by atoms with E-state index in [9.17, 15) is 4.79 Å². The Bertz CT molecular complexity index is 623. The van der Waals surface area contributed by atoms with Crippen LogP contribution in [0.1, 0.15) is 17.3 Å². The third-order valence-corrected chi connectivity index (χ3v) is 3.97. The third-order valence-electron chi connectivity index (χ3n) is 2.85. The molecule has 0 aliphatic heterocycles. The van der Waals surface area contributed by atoms with E-state index in [1.54, 1.807) is 27.2 Å². The summed E-state index contributed by atoms with van der Waals surface area (Å²) in [6.07, 6.45) is 0. The van der Waals surface area contributed by atoms with E-state index in [1.165, 1.54) is 11.8 Å². The summed E-state index contributed by atoms with van der Waals surface area (Å²) in [5.74, 6) is 1.37. The van der Waals surface area contributed by atoms with Gasteiger partial charge in [0.05, 0.1) is 24.7 Å². The fourth-order valence-electron chi connectivity index (χ4n) is 1.93. The van der Waals surface area contributed by atoms with Gasteiger partial charge in [-0.15, -0.1) is 0 Å². The Kier molecular flexibility index (Phi) is 4.69. The maximum atomic E-state index is 11.9. The zero-order valence-electron chi connectivity index (χ0n) is 11.7. The molecule has 2 rings (SSSR count). The Labute approximate surface area is 122 Å². The molecule has 3 nitrogen and oxygen atoms in total. The van der Waals surface area contributed by atoms with Crippen molar-refractivity contribution in [1.82, 2.24) is 0 Å². The third kappa shape index (κ3) is 2.96. The fourth-order valence-corrected chi connectivity index (χ4v) is 3.06. The van der Waals surface area contributed by atoms with Crippen LogP contribution in [0.2, 0.25) is 0 Å². The van der Waals surface area contributed by atoms with Crippen molar-refractivity contribution in [1.29, 1.82) is 0 Å². The molecule has 0 radical (unpaired) electrons. The second kappa shape index (κ2) is 6.48. The van der Waals surface area contributed by atoms with Crippen LogP contribution in [0.15, 0.2) is 52.3 Å². The van der Waals surface area contributed by atoms with Crippen molar-refractivity contribution < 1.29 is 14.3 Å². The number of methoxy groups -OCH3 is 2. The van der Waals surface area contributed by atoms with Gasteiger partial charge in [-0.3, -0.25) is 4.79 Å². The first kappa shape index (κ1) is 14.5. The highest BCUT2D eigenvalue weighted by molar-refractivity contribution is 7.99. The molecule has 0 spiro atoms. The number of hydrogen-bond donors (Lipinski definition) is 0. The molecule has 20 heavy (non-hydrogen) atoms. The first-order valence-corrected chi connectivity index (χ1v) is 6.97. The number of para-hydroxylation sites is 1. The van der Waals surface area contributed by atoms with E-state index < -0.39 is 0 Å². The van der Waals surface area contributed by atoms with Gasteiger partial charge in [0.1, 0.15) is 11.5 Å². The molecule has 0 amide bonds. The molecule has 0 aromatic heterocycles. The van der Waals surface area contributed by atoms with Gasteiger partial charge in [-0.25, -0.2) is 0 Å². The van der Waals surface area contributed by atoms with Crippen LogP contribution in [0.5, 0.6) is 11.5 Å². The zero-order valence-corrected chi connectivity index (χ0v) is 12.5. The van der Waals surface area contributed by atoms with Crippen LogP contribution < -0.4 is 9.47 Å². The highest BCUT2D eigenvalue weighted by atomic mass is 32.2. The first-order valence-electron chi connectivity index (χ1n) is 6.16. The summed E-state index contributed by atoms with van der Waals surface area (Å²) in [6, 6.07) is 13.3. The predicted octanol–water partition coefficient (Wildman–Crippen LogP) is 4.06. The summed E-state index contributed by atoms with van der Waals surface area (Å²) >= 11 is 1.50. The van der Waals surface area contributed by atoms with Gasteiger partial charge in [0.2, 0.25) is 0 Å². The molecular formula is C16H16O3S. The minimum Gasteiger partial charge on any atom is -0.496 e. The smallest absolute Gasteiger partial charge is 0.164 e. The molecule has 0 saturated carbocycles. The molecule has 0 aliphatic carbocycles. The maximum absolute atomic E-state index is 11.9. The Balaban J connectivity index is 2.46. The van der Waals surface area contributed by atoms with Gasteiger partial charge in [0.15, 0.2) is 5.78 Å². The van der Waals surface area contributed by atoms with Gasteiger partial charge in [0.25, 0.3) is 0 Å². The van der Waals surface area contributed by atoms with Crippen molar-refractivity contribution in [2.45, 2.75) is 16.7 Å². The van der Waals surface area contributed by atoms with Crippen LogP contribution >= 0.6 is 11.8 Å². The second-order valence-corrected chi connectivity index (χ2v) is 5.23. The normalized spacial score (nSPS) is 10.2. The minimum absolute atomic E-state index is 0.0140. The van der Waals surface area contributed by atoms with Crippen molar-refractivity contribution in [2.24, 2.45) is 0 Å². The van der Waals surface area contributed by atoms with Gasteiger partial charge < -0.3 is 9.47 Å². The number of benzene rings is 2. The lowest BCUT2D eigenvalue weighted by Crippen LogP contribution is -2.00. The number of Topliss-reactive ketones (excluding diaryl/α,β-unsaturated/α-hetero) is 1. The van der Waals surface area contributed by atoms with Gasteiger partial charge in [-0.2, -0.15) is 0 Å². The van der Waals surface area contributed by atoms with Crippen molar-refractivity contribution in [3.05, 3.63) is 48.0 Å². The average Bonchev–Trinajstić information content (AvgIpc) is 2.47. The maximum Gasteiger partial charge on any atom is 0.164 e. The summed E-state index contributed by atoms with van der Waals surface area (Å²) in [6.45, 7) is 1.55. The molecule has 0 saturated heterocycles. The van der Waals surface area contributed by atoms with E-state index in [0.717, 1.165) is 15.5 Å². The first-order chi connectivity index (χ1) is 9.67. The molecule has 0 bridgehead atoms. The van der Waals surface area contributed by atoms with Crippen LogP contribution in [-0.4, -0.2) is 20.0 Å². The quantitative estimate of drug-likeness (QED) is 0.777. The Morgan fingerprint density at radius 2 is 1.50 bits per heavy atom. The van der Waals surface area contributed by atoms with Gasteiger partial charge >= 0.3 is 0 Å². The molecule has 0 atom stereocenters. The van der Waals surface area contributed by atoms with Crippen molar-refractivity contribution in [3.63, 3.8) is 0 Å². The number of ketones is 1. The molecule has 0 heterocycles.